The lowest BCUT2D eigenvalue weighted by Crippen LogP contribution is -2.11. The Morgan fingerprint density at radius 3 is 3.16 bits per heavy atom. The number of carbonyl (C=O) groups is 1. The summed E-state index contributed by atoms with van der Waals surface area (Å²) in [5.74, 6) is -0.201. The van der Waals surface area contributed by atoms with Crippen molar-refractivity contribution in [3.63, 3.8) is 0 Å². The Labute approximate surface area is 114 Å². The van der Waals surface area contributed by atoms with Crippen LogP contribution in [-0.4, -0.2) is 27.5 Å². The highest BCUT2D eigenvalue weighted by molar-refractivity contribution is 6.30. The number of aromatic carboxylic acids is 1. The van der Waals surface area contributed by atoms with Gasteiger partial charge >= 0.3 is 5.97 Å². The molecule has 0 fully saturated rings. The maximum absolute atomic E-state index is 11.1. The average molecular weight is 279 g/mol. The maximum Gasteiger partial charge on any atom is 0.354 e. The molecule has 0 amide bonds. The summed E-state index contributed by atoms with van der Waals surface area (Å²) >= 11 is 6.07. The van der Waals surface area contributed by atoms with Gasteiger partial charge in [0.15, 0.2) is 0 Å². The van der Waals surface area contributed by atoms with E-state index in [2.05, 4.69) is 5.10 Å². The van der Waals surface area contributed by atoms with Crippen molar-refractivity contribution >= 4 is 17.6 Å². The lowest BCUT2D eigenvalue weighted by Gasteiger charge is -2.10. The van der Waals surface area contributed by atoms with Crippen molar-refractivity contribution in [2.24, 2.45) is 0 Å². The van der Waals surface area contributed by atoms with Crippen molar-refractivity contribution in [2.45, 2.75) is 13.0 Å². The van der Waals surface area contributed by atoms with Crippen molar-refractivity contribution in [2.75, 3.05) is 6.61 Å². The summed E-state index contributed by atoms with van der Waals surface area (Å²) in [4.78, 5) is 11.1. The molecule has 0 aliphatic carbocycles. The van der Waals surface area contributed by atoms with E-state index in [9.17, 15) is 4.79 Å². The van der Waals surface area contributed by atoms with Gasteiger partial charge in [-0.1, -0.05) is 11.6 Å². The summed E-state index contributed by atoms with van der Waals surface area (Å²) in [6, 6.07) is 5.14. The minimum absolute atomic E-state index is 0.145. The van der Waals surface area contributed by atoms with E-state index in [4.69, 9.17) is 21.4 Å². The van der Waals surface area contributed by atoms with Crippen molar-refractivity contribution in [1.82, 2.24) is 9.78 Å². The largest absolute Gasteiger partial charge is 0.493 e. The summed E-state index contributed by atoms with van der Waals surface area (Å²) in [5, 5.41) is 13.7. The first-order chi connectivity index (χ1) is 9.15. The number of hydrogen-bond donors (Lipinski definition) is 1. The first-order valence-electron chi connectivity index (χ1n) is 5.84. The Balaban J connectivity index is 2.00. The Morgan fingerprint density at radius 2 is 2.37 bits per heavy atom. The van der Waals surface area contributed by atoms with E-state index in [1.807, 2.05) is 6.07 Å². The molecule has 1 aliphatic rings. The topological polar surface area (TPSA) is 64.3 Å². The van der Waals surface area contributed by atoms with Gasteiger partial charge in [-0.2, -0.15) is 5.10 Å². The van der Waals surface area contributed by atoms with Crippen LogP contribution in [0, 0.1) is 0 Å². The van der Waals surface area contributed by atoms with Gasteiger partial charge in [-0.15, -0.1) is 0 Å². The highest BCUT2D eigenvalue weighted by Crippen LogP contribution is 2.33. The standard InChI is InChI=1S/C13H11ClN2O3/c14-10-5-8-2-4-19-12(8)9(6-10)7-16-11(13(17)18)1-3-15-16/h1,3,5-6H,2,4,7H2,(H,17,18). The fraction of sp³-hybridized carbons (Fsp3) is 0.231. The van der Waals surface area contributed by atoms with Crippen molar-refractivity contribution in [3.8, 4) is 5.75 Å². The first-order valence-corrected chi connectivity index (χ1v) is 6.22. The SMILES string of the molecule is O=C(O)c1ccnn1Cc1cc(Cl)cc2c1OCC2. The van der Waals surface area contributed by atoms with Crippen LogP contribution in [0.4, 0.5) is 0 Å². The Kier molecular flexibility index (Phi) is 2.91. The van der Waals surface area contributed by atoms with Crippen LogP contribution in [0.5, 0.6) is 5.75 Å². The predicted octanol–water partition coefficient (Wildman–Crippen LogP) is 2.22. The number of carboxylic acids is 1. The zero-order chi connectivity index (χ0) is 13.4. The molecule has 0 bridgehead atoms. The molecule has 0 saturated heterocycles. The monoisotopic (exact) mass is 278 g/mol. The molecule has 6 heteroatoms. The zero-order valence-corrected chi connectivity index (χ0v) is 10.7. The molecule has 0 saturated carbocycles. The van der Waals surface area contributed by atoms with Gasteiger partial charge in [0.25, 0.3) is 0 Å². The van der Waals surface area contributed by atoms with Gasteiger partial charge in [0, 0.05) is 23.2 Å². The summed E-state index contributed by atoms with van der Waals surface area (Å²) in [6.07, 6.45) is 2.29. The number of aromatic nitrogens is 2. The normalized spacial score (nSPS) is 13.1. The number of halogens is 1. The van der Waals surface area contributed by atoms with Crippen LogP contribution in [0.2, 0.25) is 5.02 Å². The quantitative estimate of drug-likeness (QED) is 0.935. The number of fused-ring (bicyclic) bond motifs is 1. The van der Waals surface area contributed by atoms with Gasteiger partial charge in [-0.3, -0.25) is 4.68 Å². The molecule has 1 N–H and O–H groups in total. The lowest BCUT2D eigenvalue weighted by atomic mass is 10.1. The van der Waals surface area contributed by atoms with Crippen molar-refractivity contribution in [3.05, 3.63) is 46.2 Å². The van der Waals surface area contributed by atoms with Crippen LogP contribution in [0.3, 0.4) is 0 Å². The molecular formula is C13H11ClN2O3. The molecule has 98 valence electrons. The number of benzene rings is 1. The smallest absolute Gasteiger partial charge is 0.354 e. The lowest BCUT2D eigenvalue weighted by molar-refractivity contribution is 0.0684. The van der Waals surface area contributed by atoms with Gasteiger partial charge < -0.3 is 9.84 Å². The summed E-state index contributed by atoms with van der Waals surface area (Å²) in [5.41, 5.74) is 2.06. The van der Waals surface area contributed by atoms with Gasteiger partial charge in [0.05, 0.1) is 13.2 Å². The fourth-order valence-corrected chi connectivity index (χ4v) is 2.53. The minimum atomic E-state index is -1.00. The molecule has 5 nitrogen and oxygen atoms in total. The molecule has 19 heavy (non-hydrogen) atoms. The summed E-state index contributed by atoms with van der Waals surface area (Å²) in [7, 11) is 0. The van der Waals surface area contributed by atoms with Crippen LogP contribution in [-0.2, 0) is 13.0 Å². The van der Waals surface area contributed by atoms with E-state index in [1.54, 1.807) is 6.07 Å². The third-order valence-corrected chi connectivity index (χ3v) is 3.30. The molecule has 0 spiro atoms. The fourth-order valence-electron chi connectivity index (χ4n) is 2.27. The third kappa shape index (κ3) is 2.17. The summed E-state index contributed by atoms with van der Waals surface area (Å²) < 4.78 is 7.01. The molecule has 2 heterocycles. The molecule has 0 atom stereocenters. The van der Waals surface area contributed by atoms with Gasteiger partial charge in [0.2, 0.25) is 0 Å². The van der Waals surface area contributed by atoms with Crippen LogP contribution in [0.25, 0.3) is 0 Å². The van der Waals surface area contributed by atoms with E-state index < -0.39 is 5.97 Å². The molecule has 1 aromatic carbocycles. The molecule has 2 aromatic rings. The molecule has 0 radical (unpaired) electrons. The highest BCUT2D eigenvalue weighted by Gasteiger charge is 2.19. The second-order valence-electron chi connectivity index (χ2n) is 4.33. The number of ether oxygens (including phenoxy) is 1. The van der Waals surface area contributed by atoms with Crippen LogP contribution in [0.15, 0.2) is 24.4 Å². The second kappa shape index (κ2) is 4.59. The maximum atomic E-state index is 11.1. The molecule has 1 aliphatic heterocycles. The number of nitrogens with zero attached hydrogens (tertiary/aromatic N) is 2. The number of carboxylic acid groups (broad SMARTS) is 1. The van der Waals surface area contributed by atoms with Crippen molar-refractivity contribution < 1.29 is 14.6 Å². The summed E-state index contributed by atoms with van der Waals surface area (Å²) in [6.45, 7) is 0.963. The van der Waals surface area contributed by atoms with Crippen LogP contribution < -0.4 is 4.74 Å². The number of hydrogen-bond acceptors (Lipinski definition) is 3. The Hall–Kier alpha value is -2.01. The van der Waals surface area contributed by atoms with E-state index >= 15 is 0 Å². The van der Waals surface area contributed by atoms with E-state index in [-0.39, 0.29) is 5.69 Å². The van der Waals surface area contributed by atoms with E-state index in [0.717, 1.165) is 23.3 Å². The van der Waals surface area contributed by atoms with Crippen molar-refractivity contribution in [1.29, 1.82) is 0 Å². The minimum Gasteiger partial charge on any atom is -0.493 e. The van der Waals surface area contributed by atoms with E-state index in [1.165, 1.54) is 16.9 Å². The van der Waals surface area contributed by atoms with Gasteiger partial charge in [-0.05, 0) is 23.8 Å². The average Bonchev–Trinajstić information content (AvgIpc) is 2.96. The zero-order valence-electron chi connectivity index (χ0n) is 9.97. The highest BCUT2D eigenvalue weighted by atomic mass is 35.5. The van der Waals surface area contributed by atoms with E-state index in [0.29, 0.717) is 18.2 Å². The van der Waals surface area contributed by atoms with Crippen LogP contribution in [0.1, 0.15) is 21.6 Å². The second-order valence-corrected chi connectivity index (χ2v) is 4.77. The number of rotatable bonds is 3. The third-order valence-electron chi connectivity index (χ3n) is 3.08. The Bertz CT molecular complexity index is 651. The molecule has 1 aromatic heterocycles. The predicted molar refractivity (Wildman–Crippen MR) is 68.9 cm³/mol. The molecule has 0 unspecified atom stereocenters. The van der Waals surface area contributed by atoms with Crippen LogP contribution >= 0.6 is 11.6 Å². The van der Waals surface area contributed by atoms with Gasteiger partial charge in [-0.25, -0.2) is 4.79 Å². The molecular weight excluding hydrogens is 268 g/mol. The molecule has 3 rings (SSSR count). The Morgan fingerprint density at radius 1 is 1.53 bits per heavy atom. The van der Waals surface area contributed by atoms with Gasteiger partial charge in [0.1, 0.15) is 11.4 Å². The first kappa shape index (κ1) is 12.0.